The Morgan fingerprint density at radius 2 is 2.03 bits per heavy atom. The van der Waals surface area contributed by atoms with E-state index in [0.717, 1.165) is 17.5 Å². The summed E-state index contributed by atoms with van der Waals surface area (Å²) in [7, 11) is 1.56. The molecule has 0 atom stereocenters. The molecule has 2 aliphatic rings. The van der Waals surface area contributed by atoms with E-state index in [0.29, 0.717) is 54.8 Å². The molecule has 3 aromatic rings. The third kappa shape index (κ3) is 4.74. The third-order valence-corrected chi connectivity index (χ3v) is 7.22. The summed E-state index contributed by atoms with van der Waals surface area (Å²) in [6.07, 6.45) is 4.01. The van der Waals surface area contributed by atoms with E-state index in [1.165, 1.54) is 16.5 Å². The Morgan fingerprint density at radius 3 is 2.89 bits per heavy atom. The largest absolute Gasteiger partial charge is 0.493 e. The molecule has 0 fully saturated rings. The maximum absolute atomic E-state index is 13.2. The van der Waals surface area contributed by atoms with Gasteiger partial charge in [0.15, 0.2) is 11.5 Å². The number of hydrogen-bond acceptors (Lipinski definition) is 6. The Balaban J connectivity index is 1.29. The second-order valence-corrected chi connectivity index (χ2v) is 9.39. The number of nitrogens with zero attached hydrogens (tertiary/aromatic N) is 1. The van der Waals surface area contributed by atoms with E-state index < -0.39 is 0 Å². The van der Waals surface area contributed by atoms with Crippen LogP contribution in [0.3, 0.4) is 0 Å². The number of rotatable bonds is 5. The number of carbonyl (C=O) groups is 2. The van der Waals surface area contributed by atoms with Crippen LogP contribution in [0.5, 0.6) is 17.2 Å². The molecule has 2 amide bonds. The molecule has 2 aromatic carbocycles. The first-order valence-electron chi connectivity index (χ1n) is 11.4. The molecular weight excluding hydrogens is 464 g/mol. The number of anilines is 1. The maximum atomic E-state index is 13.2. The molecule has 3 heterocycles. The highest BCUT2D eigenvalue weighted by Gasteiger charge is 2.24. The van der Waals surface area contributed by atoms with Crippen molar-refractivity contribution in [3.8, 4) is 17.2 Å². The standard InChI is InChI=1S/C27H26N2O5S/c1-17-20(27(31)29-10-8-24-19(16-29)9-13-35-24)4-3-5-21(17)28-25(30)7-6-18-14-22(32-2)26-23(15-18)33-11-12-34-26/h3-7,9,13-15H,8,10-12,16H2,1-2H3,(H,28,30)/b7-6+. The van der Waals surface area contributed by atoms with E-state index in [2.05, 4.69) is 16.8 Å². The molecule has 7 nitrogen and oxygen atoms in total. The second-order valence-electron chi connectivity index (χ2n) is 8.39. The summed E-state index contributed by atoms with van der Waals surface area (Å²) in [5, 5.41) is 4.98. The minimum atomic E-state index is -0.299. The molecule has 0 bridgehead atoms. The maximum Gasteiger partial charge on any atom is 0.254 e. The zero-order valence-corrected chi connectivity index (χ0v) is 20.4. The summed E-state index contributed by atoms with van der Waals surface area (Å²) in [5.41, 5.74) is 3.93. The minimum absolute atomic E-state index is 0.0191. The molecule has 0 saturated heterocycles. The van der Waals surface area contributed by atoms with Gasteiger partial charge >= 0.3 is 0 Å². The number of fused-ring (bicyclic) bond motifs is 2. The average molecular weight is 491 g/mol. The van der Waals surface area contributed by atoms with Gasteiger partial charge in [0.25, 0.3) is 5.91 Å². The predicted molar refractivity (Wildman–Crippen MR) is 136 cm³/mol. The lowest BCUT2D eigenvalue weighted by molar-refractivity contribution is -0.111. The van der Waals surface area contributed by atoms with Crippen LogP contribution in [-0.4, -0.2) is 43.6 Å². The number of benzene rings is 2. The summed E-state index contributed by atoms with van der Waals surface area (Å²) in [5.74, 6) is 1.39. The molecule has 0 radical (unpaired) electrons. The van der Waals surface area contributed by atoms with Crippen molar-refractivity contribution in [3.05, 3.63) is 75.0 Å². The van der Waals surface area contributed by atoms with Gasteiger partial charge in [-0.3, -0.25) is 9.59 Å². The quantitative estimate of drug-likeness (QED) is 0.525. The van der Waals surface area contributed by atoms with Gasteiger partial charge in [-0.15, -0.1) is 11.3 Å². The van der Waals surface area contributed by atoms with Gasteiger partial charge in [0.1, 0.15) is 13.2 Å². The number of methoxy groups -OCH3 is 1. The highest BCUT2D eigenvalue weighted by atomic mass is 32.1. The molecule has 0 saturated carbocycles. The minimum Gasteiger partial charge on any atom is -0.493 e. The molecule has 35 heavy (non-hydrogen) atoms. The van der Waals surface area contributed by atoms with Gasteiger partial charge in [-0.1, -0.05) is 6.07 Å². The summed E-state index contributed by atoms with van der Waals surface area (Å²) < 4.78 is 16.7. The van der Waals surface area contributed by atoms with Crippen molar-refractivity contribution < 1.29 is 23.8 Å². The van der Waals surface area contributed by atoms with Gasteiger partial charge in [-0.25, -0.2) is 0 Å². The Kier molecular flexibility index (Phi) is 6.46. The molecule has 2 aliphatic heterocycles. The van der Waals surface area contributed by atoms with E-state index in [1.807, 2.05) is 24.0 Å². The summed E-state index contributed by atoms with van der Waals surface area (Å²) in [6.45, 7) is 4.11. The number of amides is 2. The number of carbonyl (C=O) groups excluding carboxylic acids is 2. The fourth-order valence-corrected chi connectivity index (χ4v) is 5.22. The Hall–Kier alpha value is -3.78. The molecule has 0 aliphatic carbocycles. The molecule has 1 aromatic heterocycles. The number of nitrogens with one attached hydrogen (secondary N) is 1. The lowest BCUT2D eigenvalue weighted by Crippen LogP contribution is -2.35. The van der Waals surface area contributed by atoms with Crippen molar-refractivity contribution in [2.24, 2.45) is 0 Å². The monoisotopic (exact) mass is 490 g/mol. The van der Waals surface area contributed by atoms with Gasteiger partial charge in [-0.05, 0) is 71.8 Å². The van der Waals surface area contributed by atoms with Gasteiger partial charge in [0.2, 0.25) is 11.7 Å². The van der Waals surface area contributed by atoms with Crippen LogP contribution >= 0.6 is 11.3 Å². The number of hydrogen-bond donors (Lipinski definition) is 1. The first kappa shape index (κ1) is 23.0. The van der Waals surface area contributed by atoms with Crippen molar-refractivity contribution in [2.45, 2.75) is 19.9 Å². The van der Waals surface area contributed by atoms with Crippen LogP contribution in [-0.2, 0) is 17.8 Å². The Morgan fingerprint density at radius 1 is 1.17 bits per heavy atom. The smallest absolute Gasteiger partial charge is 0.254 e. The molecule has 0 spiro atoms. The van der Waals surface area contributed by atoms with Crippen LogP contribution < -0.4 is 19.5 Å². The summed E-state index contributed by atoms with van der Waals surface area (Å²) in [6, 6.07) is 11.1. The third-order valence-electron chi connectivity index (χ3n) is 6.19. The van der Waals surface area contributed by atoms with Crippen molar-refractivity contribution >= 4 is 34.9 Å². The number of ether oxygens (including phenoxy) is 3. The molecule has 0 unspecified atom stereocenters. The van der Waals surface area contributed by atoms with Crippen molar-refractivity contribution in [2.75, 3.05) is 32.2 Å². The van der Waals surface area contributed by atoms with Crippen molar-refractivity contribution in [1.29, 1.82) is 0 Å². The van der Waals surface area contributed by atoms with E-state index in [9.17, 15) is 9.59 Å². The lowest BCUT2D eigenvalue weighted by Gasteiger charge is -2.28. The van der Waals surface area contributed by atoms with Crippen LogP contribution in [0.15, 0.2) is 47.9 Å². The highest BCUT2D eigenvalue weighted by molar-refractivity contribution is 7.10. The molecule has 8 heteroatoms. The van der Waals surface area contributed by atoms with Gasteiger partial charge in [-0.2, -0.15) is 0 Å². The van der Waals surface area contributed by atoms with Crippen LogP contribution in [0, 0.1) is 6.92 Å². The van der Waals surface area contributed by atoms with E-state index in [4.69, 9.17) is 14.2 Å². The first-order chi connectivity index (χ1) is 17.0. The normalized spacial score (nSPS) is 14.5. The Bertz CT molecular complexity index is 1300. The van der Waals surface area contributed by atoms with E-state index >= 15 is 0 Å². The zero-order valence-electron chi connectivity index (χ0n) is 19.6. The average Bonchev–Trinajstić information content (AvgIpc) is 3.36. The van der Waals surface area contributed by atoms with E-state index in [1.54, 1.807) is 42.7 Å². The second kappa shape index (κ2) is 9.84. The van der Waals surface area contributed by atoms with Crippen molar-refractivity contribution in [1.82, 2.24) is 4.90 Å². The fourth-order valence-electron chi connectivity index (χ4n) is 4.33. The topological polar surface area (TPSA) is 77.1 Å². The Labute approximate surface area is 207 Å². The molecule has 5 rings (SSSR count). The van der Waals surface area contributed by atoms with Gasteiger partial charge in [0, 0.05) is 35.3 Å². The molecule has 180 valence electrons. The van der Waals surface area contributed by atoms with Crippen LogP contribution in [0.2, 0.25) is 0 Å². The van der Waals surface area contributed by atoms with Crippen molar-refractivity contribution in [3.63, 3.8) is 0 Å². The molecule has 1 N–H and O–H groups in total. The number of thiophene rings is 1. The predicted octanol–water partition coefficient (Wildman–Crippen LogP) is 4.69. The zero-order chi connectivity index (χ0) is 24.4. The SMILES string of the molecule is COc1cc(/C=C/C(=O)Nc2cccc(C(=O)N3CCc4sccc4C3)c2C)cc2c1OCCO2. The fraction of sp³-hybridized carbons (Fsp3) is 0.259. The van der Waals surface area contributed by atoms with Crippen LogP contribution in [0.1, 0.15) is 31.9 Å². The van der Waals surface area contributed by atoms with Crippen LogP contribution in [0.4, 0.5) is 5.69 Å². The van der Waals surface area contributed by atoms with E-state index in [-0.39, 0.29) is 11.8 Å². The van der Waals surface area contributed by atoms with Gasteiger partial charge in [0.05, 0.1) is 7.11 Å². The highest BCUT2D eigenvalue weighted by Crippen LogP contribution is 2.40. The van der Waals surface area contributed by atoms with Gasteiger partial charge < -0.3 is 24.4 Å². The lowest BCUT2D eigenvalue weighted by atomic mass is 10.0. The summed E-state index contributed by atoms with van der Waals surface area (Å²) >= 11 is 1.75. The summed E-state index contributed by atoms with van der Waals surface area (Å²) in [4.78, 5) is 29.2. The molecular formula is C27H26N2O5S. The van der Waals surface area contributed by atoms with Crippen LogP contribution in [0.25, 0.3) is 6.08 Å². The first-order valence-corrected chi connectivity index (χ1v) is 12.3.